The minimum absolute atomic E-state index is 0.258. The lowest BCUT2D eigenvalue weighted by molar-refractivity contribution is 0.0185. The molecule has 0 atom stereocenters. The number of hydrogen-bond donors (Lipinski definition) is 1. The fourth-order valence-electron chi connectivity index (χ4n) is 1.48. The summed E-state index contributed by atoms with van der Waals surface area (Å²) in [4.78, 5) is -0.379. The van der Waals surface area contributed by atoms with Crippen LogP contribution in [0.15, 0.2) is 29.2 Å². The molecule has 1 rings (SSSR count). The standard InChI is InChI=1S/C13H19F2NO3S/c1-13(2,19-3)8-9-16-10-4-6-11(7-5-10)20(17,18)12(14)15/h4-7,12,16H,8-9H2,1-3H3. The number of alkyl halides is 2. The van der Waals surface area contributed by atoms with Crippen molar-refractivity contribution < 1.29 is 21.9 Å². The van der Waals surface area contributed by atoms with Gasteiger partial charge in [-0.1, -0.05) is 0 Å². The Bertz CT molecular complexity index is 527. The molecule has 0 aliphatic heterocycles. The Labute approximate surface area is 118 Å². The zero-order valence-corrected chi connectivity index (χ0v) is 12.5. The lowest BCUT2D eigenvalue weighted by Crippen LogP contribution is -2.25. The van der Waals surface area contributed by atoms with Gasteiger partial charge in [0.1, 0.15) is 0 Å². The second-order valence-corrected chi connectivity index (χ2v) is 6.89. The van der Waals surface area contributed by atoms with E-state index in [0.29, 0.717) is 12.2 Å². The van der Waals surface area contributed by atoms with Gasteiger partial charge in [-0.15, -0.1) is 0 Å². The van der Waals surface area contributed by atoms with Gasteiger partial charge in [0.2, 0.25) is 9.84 Å². The van der Waals surface area contributed by atoms with Crippen molar-refractivity contribution in [2.45, 2.75) is 36.5 Å². The average Bonchev–Trinajstić information content (AvgIpc) is 2.39. The average molecular weight is 307 g/mol. The van der Waals surface area contributed by atoms with Gasteiger partial charge in [-0.2, -0.15) is 8.78 Å². The summed E-state index contributed by atoms with van der Waals surface area (Å²) in [6, 6.07) is 5.28. The van der Waals surface area contributed by atoms with Crippen molar-refractivity contribution in [3.05, 3.63) is 24.3 Å². The van der Waals surface area contributed by atoms with E-state index in [2.05, 4.69) is 5.32 Å². The third kappa shape index (κ3) is 4.42. The van der Waals surface area contributed by atoms with Crippen molar-refractivity contribution >= 4 is 15.5 Å². The van der Waals surface area contributed by atoms with Crippen LogP contribution in [0, 0.1) is 0 Å². The topological polar surface area (TPSA) is 55.4 Å². The highest BCUT2D eigenvalue weighted by Crippen LogP contribution is 2.20. The molecule has 0 fully saturated rings. The van der Waals surface area contributed by atoms with Crippen LogP contribution in [0.5, 0.6) is 0 Å². The summed E-state index contributed by atoms with van der Waals surface area (Å²) in [5, 5.41) is 3.08. The molecule has 20 heavy (non-hydrogen) atoms. The predicted octanol–water partition coefficient (Wildman–Crippen LogP) is 2.91. The zero-order chi connectivity index (χ0) is 15.4. The molecule has 0 bridgehead atoms. The number of benzene rings is 1. The zero-order valence-electron chi connectivity index (χ0n) is 11.7. The molecule has 0 amide bonds. The molecule has 4 nitrogen and oxygen atoms in total. The minimum Gasteiger partial charge on any atom is -0.385 e. The minimum atomic E-state index is -4.52. The first-order valence-corrected chi connectivity index (χ1v) is 7.65. The van der Waals surface area contributed by atoms with Gasteiger partial charge in [0, 0.05) is 19.3 Å². The maximum Gasteiger partial charge on any atom is 0.341 e. The number of halogens is 2. The summed E-state index contributed by atoms with van der Waals surface area (Å²) in [5.74, 6) is -3.40. The number of methoxy groups -OCH3 is 1. The van der Waals surface area contributed by atoms with E-state index >= 15 is 0 Å². The van der Waals surface area contributed by atoms with Gasteiger partial charge in [0.25, 0.3) is 0 Å². The van der Waals surface area contributed by atoms with Crippen LogP contribution in [0.4, 0.5) is 14.5 Å². The molecular formula is C13H19F2NO3S. The van der Waals surface area contributed by atoms with Gasteiger partial charge < -0.3 is 10.1 Å². The molecule has 0 aliphatic carbocycles. The normalized spacial score (nSPS) is 12.7. The van der Waals surface area contributed by atoms with Gasteiger partial charge >= 0.3 is 5.76 Å². The van der Waals surface area contributed by atoms with E-state index < -0.39 is 15.6 Å². The molecule has 1 aromatic rings. The van der Waals surface area contributed by atoms with Crippen LogP contribution in [0.2, 0.25) is 0 Å². The third-order valence-corrected chi connectivity index (χ3v) is 4.42. The van der Waals surface area contributed by atoms with Crippen molar-refractivity contribution in [2.24, 2.45) is 0 Å². The summed E-state index contributed by atoms with van der Waals surface area (Å²) in [7, 11) is -2.89. The third-order valence-electron chi connectivity index (χ3n) is 3.03. The number of sulfone groups is 1. The molecule has 0 saturated heterocycles. The largest absolute Gasteiger partial charge is 0.385 e. The fourth-order valence-corrected chi connectivity index (χ4v) is 2.20. The smallest absolute Gasteiger partial charge is 0.341 e. The molecule has 1 aromatic carbocycles. The molecule has 1 N–H and O–H groups in total. The van der Waals surface area contributed by atoms with Gasteiger partial charge in [-0.3, -0.25) is 0 Å². The fraction of sp³-hybridized carbons (Fsp3) is 0.538. The van der Waals surface area contributed by atoms with Gasteiger partial charge in [0.15, 0.2) is 0 Å². The van der Waals surface area contributed by atoms with Gasteiger partial charge in [-0.25, -0.2) is 8.42 Å². The maximum atomic E-state index is 12.4. The van der Waals surface area contributed by atoms with Crippen LogP contribution in [0.3, 0.4) is 0 Å². The Hall–Kier alpha value is -1.21. The predicted molar refractivity (Wildman–Crippen MR) is 73.8 cm³/mol. The van der Waals surface area contributed by atoms with Crippen LogP contribution >= 0.6 is 0 Å². The highest BCUT2D eigenvalue weighted by molar-refractivity contribution is 7.91. The Morgan fingerprint density at radius 2 is 1.80 bits per heavy atom. The van der Waals surface area contributed by atoms with E-state index in [4.69, 9.17) is 4.74 Å². The van der Waals surface area contributed by atoms with Crippen molar-refractivity contribution in [2.75, 3.05) is 19.0 Å². The van der Waals surface area contributed by atoms with Crippen molar-refractivity contribution in [1.29, 1.82) is 0 Å². The van der Waals surface area contributed by atoms with Crippen LogP contribution in [-0.4, -0.2) is 33.4 Å². The lowest BCUT2D eigenvalue weighted by atomic mass is 10.1. The van der Waals surface area contributed by atoms with Crippen molar-refractivity contribution in [3.63, 3.8) is 0 Å². The second-order valence-electron chi connectivity index (χ2n) is 4.97. The number of anilines is 1. The van der Waals surface area contributed by atoms with Crippen molar-refractivity contribution in [1.82, 2.24) is 0 Å². The maximum absolute atomic E-state index is 12.4. The molecular weight excluding hydrogens is 288 g/mol. The van der Waals surface area contributed by atoms with Crippen LogP contribution < -0.4 is 5.32 Å². The Morgan fingerprint density at radius 3 is 2.25 bits per heavy atom. The van der Waals surface area contributed by atoms with E-state index in [1.165, 1.54) is 24.3 Å². The van der Waals surface area contributed by atoms with Crippen molar-refractivity contribution in [3.8, 4) is 0 Å². The summed E-state index contributed by atoms with van der Waals surface area (Å²) in [6.07, 6.45) is 0.751. The van der Waals surface area contributed by atoms with E-state index in [1.54, 1.807) is 7.11 Å². The van der Waals surface area contributed by atoms with Gasteiger partial charge in [0.05, 0.1) is 10.5 Å². The van der Waals surface area contributed by atoms with Gasteiger partial charge in [-0.05, 0) is 44.5 Å². The molecule has 0 saturated carbocycles. The summed E-state index contributed by atoms with van der Waals surface area (Å²) in [6.45, 7) is 4.53. The molecule has 0 spiro atoms. The second kappa shape index (κ2) is 6.49. The van der Waals surface area contributed by atoms with Crippen LogP contribution in [-0.2, 0) is 14.6 Å². The molecule has 0 aliphatic rings. The highest BCUT2D eigenvalue weighted by atomic mass is 32.2. The molecule has 0 heterocycles. The molecule has 0 radical (unpaired) electrons. The summed E-state index contributed by atoms with van der Waals surface area (Å²) < 4.78 is 52.5. The summed E-state index contributed by atoms with van der Waals surface area (Å²) >= 11 is 0. The first-order chi connectivity index (χ1) is 9.19. The quantitative estimate of drug-likeness (QED) is 0.841. The van der Waals surface area contributed by atoms with E-state index in [-0.39, 0.29) is 10.5 Å². The Kier molecular flexibility index (Phi) is 5.47. The monoisotopic (exact) mass is 307 g/mol. The Morgan fingerprint density at radius 1 is 1.25 bits per heavy atom. The molecule has 114 valence electrons. The summed E-state index contributed by atoms with van der Waals surface area (Å²) in [5.41, 5.74) is 0.413. The molecule has 7 heteroatoms. The van der Waals surface area contributed by atoms with E-state index in [0.717, 1.165) is 6.42 Å². The number of hydrogen-bond acceptors (Lipinski definition) is 4. The first kappa shape index (κ1) is 16.8. The Balaban J connectivity index is 2.65. The lowest BCUT2D eigenvalue weighted by Gasteiger charge is -2.23. The molecule has 0 aromatic heterocycles. The number of nitrogens with one attached hydrogen (secondary N) is 1. The van der Waals surface area contributed by atoms with Crippen LogP contribution in [0.1, 0.15) is 20.3 Å². The van der Waals surface area contributed by atoms with E-state index in [1.807, 2.05) is 13.8 Å². The highest BCUT2D eigenvalue weighted by Gasteiger charge is 2.26. The SMILES string of the molecule is COC(C)(C)CCNc1ccc(S(=O)(=O)C(F)F)cc1. The van der Waals surface area contributed by atoms with Crippen LogP contribution in [0.25, 0.3) is 0 Å². The van der Waals surface area contributed by atoms with E-state index in [9.17, 15) is 17.2 Å². The number of ether oxygens (including phenoxy) is 1. The first-order valence-electron chi connectivity index (χ1n) is 6.10. The number of rotatable bonds is 7. The molecule has 0 unspecified atom stereocenters.